The molecule has 0 aliphatic heterocycles. The molecule has 112 valence electrons. The van der Waals surface area contributed by atoms with Crippen molar-refractivity contribution >= 4 is 22.6 Å². The Hall–Kier alpha value is -0.640. The van der Waals surface area contributed by atoms with E-state index in [1.807, 2.05) is 0 Å². The van der Waals surface area contributed by atoms with Crippen molar-refractivity contribution < 1.29 is 31.8 Å². The molecule has 1 aromatic carbocycles. The average molecular weight is 408 g/mol. The third kappa shape index (κ3) is 3.51. The van der Waals surface area contributed by atoms with Crippen LogP contribution in [0.15, 0.2) is 24.3 Å². The first-order valence-corrected chi connectivity index (χ1v) is 6.69. The molecule has 20 heavy (non-hydrogen) atoms. The summed E-state index contributed by atoms with van der Waals surface area (Å²) in [6.07, 6.45) is -4.85. The highest BCUT2D eigenvalue weighted by molar-refractivity contribution is 14.1. The molecule has 1 aromatic rings. The molecule has 2 nitrogen and oxygen atoms in total. The van der Waals surface area contributed by atoms with Gasteiger partial charge >= 0.3 is 6.18 Å². The Morgan fingerprint density at radius 3 is 2.15 bits per heavy atom. The van der Waals surface area contributed by atoms with E-state index in [9.17, 15) is 27.1 Å². The Morgan fingerprint density at radius 1 is 1.25 bits per heavy atom. The van der Waals surface area contributed by atoms with E-state index in [1.54, 1.807) is 0 Å². The minimum atomic E-state index is -4.45. The molecule has 2 rings (SSSR count). The fourth-order valence-electron chi connectivity index (χ4n) is 1.78. The van der Waals surface area contributed by atoms with E-state index in [1.165, 1.54) is 46.9 Å². The third-order valence-electron chi connectivity index (χ3n) is 2.95. The summed E-state index contributed by atoms with van der Waals surface area (Å²) in [7, 11) is 0. The summed E-state index contributed by atoms with van der Waals surface area (Å²) in [4.78, 5) is 0. The van der Waals surface area contributed by atoms with Gasteiger partial charge in [0, 0.05) is 6.42 Å². The van der Waals surface area contributed by atoms with E-state index in [0.29, 0.717) is 0 Å². The molecule has 0 amide bonds. The molecule has 2 unspecified atom stereocenters. The SMILES string of the molecule is OC(I)(c1ccc(OCC(F)(F)F)cc1)C1CC1(F)F. The fourth-order valence-corrected chi connectivity index (χ4v) is 2.81. The first-order valence-electron chi connectivity index (χ1n) is 5.61. The molecule has 1 saturated carbocycles. The predicted octanol–water partition coefficient (Wildman–Crippen LogP) is 3.86. The molecule has 1 aliphatic rings. The minimum absolute atomic E-state index is 0.0409. The highest BCUT2D eigenvalue weighted by Gasteiger charge is 2.66. The highest BCUT2D eigenvalue weighted by Crippen LogP contribution is 2.60. The molecule has 2 atom stereocenters. The number of halogens is 6. The Labute approximate surface area is 125 Å². The van der Waals surface area contributed by atoms with Gasteiger partial charge in [-0.15, -0.1) is 0 Å². The summed E-state index contributed by atoms with van der Waals surface area (Å²) in [5.41, 5.74) is 0.208. The summed E-state index contributed by atoms with van der Waals surface area (Å²) in [6, 6.07) is 5.00. The van der Waals surface area contributed by atoms with Crippen LogP contribution in [0.4, 0.5) is 22.0 Å². The molecule has 1 aliphatic carbocycles. The first-order chi connectivity index (χ1) is 9.02. The van der Waals surface area contributed by atoms with Gasteiger partial charge in [-0.05, 0) is 40.3 Å². The van der Waals surface area contributed by atoms with Crippen LogP contribution in [-0.4, -0.2) is 23.8 Å². The van der Waals surface area contributed by atoms with E-state index < -0.39 is 34.7 Å². The van der Waals surface area contributed by atoms with Crippen LogP contribution in [-0.2, 0) is 3.61 Å². The molecular formula is C12H10F5IO2. The van der Waals surface area contributed by atoms with Crippen molar-refractivity contribution in [3.63, 3.8) is 0 Å². The zero-order chi connectivity index (χ0) is 15.2. The van der Waals surface area contributed by atoms with Gasteiger partial charge in [0.05, 0.1) is 5.92 Å². The maximum Gasteiger partial charge on any atom is 0.422 e. The van der Waals surface area contributed by atoms with Crippen LogP contribution in [0.3, 0.4) is 0 Å². The molecule has 8 heteroatoms. The summed E-state index contributed by atoms with van der Waals surface area (Å²) in [5.74, 6) is -4.13. The van der Waals surface area contributed by atoms with Crippen molar-refractivity contribution in [2.75, 3.05) is 6.61 Å². The van der Waals surface area contributed by atoms with E-state index >= 15 is 0 Å². The predicted molar refractivity (Wildman–Crippen MR) is 69.0 cm³/mol. The average Bonchev–Trinajstić information content (AvgIpc) is 2.97. The van der Waals surface area contributed by atoms with Crippen molar-refractivity contribution in [2.24, 2.45) is 5.92 Å². The standard InChI is InChI=1S/C12H10F5IO2/c13-10(14)5-9(10)12(18,19)7-1-3-8(4-2-7)20-6-11(15,16)17/h1-4,9,19H,5-6H2. The second-order valence-electron chi connectivity index (χ2n) is 4.62. The molecule has 1 N–H and O–H groups in total. The van der Waals surface area contributed by atoms with E-state index in [-0.39, 0.29) is 11.3 Å². The highest BCUT2D eigenvalue weighted by atomic mass is 127. The van der Waals surface area contributed by atoms with Gasteiger partial charge in [-0.3, -0.25) is 0 Å². The van der Waals surface area contributed by atoms with Crippen LogP contribution < -0.4 is 4.74 Å². The van der Waals surface area contributed by atoms with Gasteiger partial charge in [-0.2, -0.15) is 13.2 Å². The molecule has 0 aromatic heterocycles. The van der Waals surface area contributed by atoms with E-state index in [4.69, 9.17) is 0 Å². The summed E-state index contributed by atoms with van der Waals surface area (Å²) in [6.45, 7) is -1.43. The smallest absolute Gasteiger partial charge is 0.422 e. The normalized spacial score (nSPS) is 24.1. The molecule has 1 fully saturated rings. The number of hydrogen-bond donors (Lipinski definition) is 1. The second kappa shape index (κ2) is 4.97. The summed E-state index contributed by atoms with van der Waals surface area (Å²) < 4.78 is 64.6. The van der Waals surface area contributed by atoms with Crippen LogP contribution in [0.1, 0.15) is 12.0 Å². The van der Waals surface area contributed by atoms with Gasteiger partial charge in [0.25, 0.3) is 5.92 Å². The van der Waals surface area contributed by atoms with Crippen molar-refractivity contribution in [3.8, 4) is 5.75 Å². The largest absolute Gasteiger partial charge is 0.484 e. The van der Waals surface area contributed by atoms with Crippen LogP contribution >= 0.6 is 22.6 Å². The number of aliphatic hydroxyl groups is 1. The van der Waals surface area contributed by atoms with Gasteiger partial charge in [0.2, 0.25) is 0 Å². The van der Waals surface area contributed by atoms with Crippen molar-refractivity contribution in [2.45, 2.75) is 22.1 Å². The van der Waals surface area contributed by atoms with Gasteiger partial charge in [0.1, 0.15) is 9.36 Å². The number of benzene rings is 1. The van der Waals surface area contributed by atoms with Crippen molar-refractivity contribution in [1.29, 1.82) is 0 Å². The first kappa shape index (κ1) is 15.7. The van der Waals surface area contributed by atoms with Crippen LogP contribution in [0.2, 0.25) is 0 Å². The zero-order valence-electron chi connectivity index (χ0n) is 9.92. The van der Waals surface area contributed by atoms with Crippen LogP contribution in [0, 0.1) is 5.92 Å². The number of hydrogen-bond acceptors (Lipinski definition) is 2. The Balaban J connectivity index is 2.05. The lowest BCUT2D eigenvalue weighted by Crippen LogP contribution is -2.23. The molecule has 0 spiro atoms. The Bertz CT molecular complexity index is 484. The quantitative estimate of drug-likeness (QED) is 0.466. The summed E-state index contributed by atoms with van der Waals surface area (Å²) in [5, 5.41) is 10.1. The third-order valence-corrected chi connectivity index (χ3v) is 4.32. The second-order valence-corrected chi connectivity index (χ2v) is 6.26. The van der Waals surface area contributed by atoms with Crippen molar-refractivity contribution in [1.82, 2.24) is 0 Å². The van der Waals surface area contributed by atoms with Crippen molar-refractivity contribution in [3.05, 3.63) is 29.8 Å². The summed E-state index contributed by atoms with van der Waals surface area (Å²) >= 11 is 1.52. The Morgan fingerprint density at radius 2 is 1.75 bits per heavy atom. The molecule has 0 saturated heterocycles. The minimum Gasteiger partial charge on any atom is -0.484 e. The molecule has 0 bridgehead atoms. The fraction of sp³-hybridized carbons (Fsp3) is 0.500. The lowest BCUT2D eigenvalue weighted by Gasteiger charge is -2.22. The molecule has 0 heterocycles. The topological polar surface area (TPSA) is 29.5 Å². The van der Waals surface area contributed by atoms with Gasteiger partial charge in [0.15, 0.2) is 6.61 Å². The zero-order valence-corrected chi connectivity index (χ0v) is 12.1. The van der Waals surface area contributed by atoms with E-state index in [2.05, 4.69) is 4.74 Å². The molecule has 0 radical (unpaired) electrons. The lowest BCUT2D eigenvalue weighted by molar-refractivity contribution is -0.153. The van der Waals surface area contributed by atoms with Gasteiger partial charge in [-0.25, -0.2) is 8.78 Å². The van der Waals surface area contributed by atoms with Crippen LogP contribution in [0.5, 0.6) is 5.75 Å². The van der Waals surface area contributed by atoms with Crippen LogP contribution in [0.25, 0.3) is 0 Å². The Kier molecular flexibility index (Phi) is 3.91. The van der Waals surface area contributed by atoms with Gasteiger partial charge < -0.3 is 9.84 Å². The molecular weight excluding hydrogens is 398 g/mol. The number of rotatable bonds is 4. The maximum atomic E-state index is 13.0. The lowest BCUT2D eigenvalue weighted by atomic mass is 10.1. The monoisotopic (exact) mass is 408 g/mol. The number of alkyl halides is 6. The van der Waals surface area contributed by atoms with E-state index in [0.717, 1.165) is 0 Å². The van der Waals surface area contributed by atoms with Gasteiger partial charge in [-0.1, -0.05) is 12.1 Å². The maximum absolute atomic E-state index is 13.0. The number of ether oxygens (including phenoxy) is 1.